The summed E-state index contributed by atoms with van der Waals surface area (Å²) < 4.78 is 0. The van der Waals surface area contributed by atoms with Crippen LogP contribution in [0.4, 0.5) is 5.69 Å². The van der Waals surface area contributed by atoms with Gasteiger partial charge in [0.15, 0.2) is 0 Å². The maximum absolute atomic E-state index is 12.7. The Hall–Kier alpha value is -3.86. The molecule has 2 N–H and O–H groups in total. The second-order valence-corrected chi connectivity index (χ2v) is 7.43. The molecule has 0 saturated carbocycles. The maximum atomic E-state index is 12.7. The van der Waals surface area contributed by atoms with E-state index in [1.807, 2.05) is 66.7 Å². The molecule has 5 rings (SSSR count). The zero-order valence-corrected chi connectivity index (χ0v) is 16.5. The van der Waals surface area contributed by atoms with Crippen LogP contribution in [0.5, 0.6) is 0 Å². The minimum absolute atomic E-state index is 0.119. The standard InChI is InChI=1S/C25H22N4O/c30-25(23-15-19-11-7-8-14-22(19)27-23)26-17-20-16-24(18-9-3-1-4-10-18)29(28-20)21-12-5-2-6-13-21/h1-15,24,27H,16-17H2,(H,26,30). The van der Waals surface area contributed by atoms with E-state index in [9.17, 15) is 4.79 Å². The molecule has 1 aliphatic heterocycles. The topological polar surface area (TPSA) is 60.5 Å². The number of hydrazone groups is 1. The lowest BCUT2D eigenvalue weighted by atomic mass is 10.0. The number of aromatic amines is 1. The lowest BCUT2D eigenvalue weighted by molar-refractivity contribution is 0.0955. The zero-order valence-electron chi connectivity index (χ0n) is 16.5. The van der Waals surface area contributed by atoms with E-state index in [0.717, 1.165) is 28.7 Å². The van der Waals surface area contributed by atoms with Crippen molar-refractivity contribution in [1.82, 2.24) is 10.3 Å². The quantitative estimate of drug-likeness (QED) is 0.505. The Morgan fingerprint density at radius 2 is 1.67 bits per heavy atom. The van der Waals surface area contributed by atoms with E-state index in [0.29, 0.717) is 12.2 Å². The fraction of sp³-hybridized carbons (Fsp3) is 0.120. The molecule has 1 aromatic heterocycles. The van der Waals surface area contributed by atoms with Gasteiger partial charge >= 0.3 is 0 Å². The zero-order chi connectivity index (χ0) is 20.3. The smallest absolute Gasteiger partial charge is 0.268 e. The van der Waals surface area contributed by atoms with Crippen molar-refractivity contribution in [3.05, 3.63) is 102 Å². The third-order valence-corrected chi connectivity index (χ3v) is 5.41. The van der Waals surface area contributed by atoms with E-state index in [4.69, 9.17) is 5.10 Å². The SMILES string of the molecule is O=C(NCC1=NN(c2ccccc2)C(c2ccccc2)C1)c1cc2ccccc2[nH]1. The largest absolute Gasteiger partial charge is 0.351 e. The first kappa shape index (κ1) is 18.2. The summed E-state index contributed by atoms with van der Waals surface area (Å²) in [5.74, 6) is -0.122. The molecule has 1 aliphatic rings. The van der Waals surface area contributed by atoms with Crippen molar-refractivity contribution >= 4 is 28.2 Å². The van der Waals surface area contributed by atoms with Crippen molar-refractivity contribution < 1.29 is 4.79 Å². The van der Waals surface area contributed by atoms with Crippen molar-refractivity contribution in [1.29, 1.82) is 0 Å². The van der Waals surface area contributed by atoms with Gasteiger partial charge in [-0.3, -0.25) is 9.80 Å². The van der Waals surface area contributed by atoms with E-state index in [2.05, 4.69) is 39.6 Å². The molecule has 0 saturated heterocycles. The summed E-state index contributed by atoms with van der Waals surface area (Å²) in [6.45, 7) is 0.418. The molecule has 0 bridgehead atoms. The summed E-state index contributed by atoms with van der Waals surface area (Å²) in [6, 6.07) is 30.4. The normalized spacial score (nSPS) is 15.9. The number of fused-ring (bicyclic) bond motifs is 1. The fourth-order valence-electron chi connectivity index (χ4n) is 3.91. The lowest BCUT2D eigenvalue weighted by Crippen LogP contribution is -2.29. The average molecular weight is 394 g/mol. The monoisotopic (exact) mass is 394 g/mol. The highest BCUT2D eigenvalue weighted by molar-refractivity contribution is 6.01. The van der Waals surface area contributed by atoms with Crippen molar-refractivity contribution in [2.24, 2.45) is 5.10 Å². The summed E-state index contributed by atoms with van der Waals surface area (Å²) in [6.07, 6.45) is 0.770. The van der Waals surface area contributed by atoms with Crippen LogP contribution in [0.25, 0.3) is 10.9 Å². The van der Waals surface area contributed by atoms with Crippen LogP contribution in [0.15, 0.2) is 96.1 Å². The van der Waals surface area contributed by atoms with Gasteiger partial charge in [-0.25, -0.2) is 0 Å². The summed E-state index contributed by atoms with van der Waals surface area (Å²) in [5, 5.41) is 11.0. The van der Waals surface area contributed by atoms with E-state index in [1.165, 1.54) is 5.56 Å². The molecule has 2 heterocycles. The molecule has 0 fully saturated rings. The fourth-order valence-corrected chi connectivity index (χ4v) is 3.91. The number of benzene rings is 3. The Kier molecular flexibility index (Phi) is 4.77. The van der Waals surface area contributed by atoms with Crippen LogP contribution in [0.2, 0.25) is 0 Å². The van der Waals surface area contributed by atoms with Crippen LogP contribution in [0, 0.1) is 0 Å². The van der Waals surface area contributed by atoms with Gasteiger partial charge in [-0.05, 0) is 29.8 Å². The third kappa shape index (κ3) is 3.57. The Balaban J connectivity index is 1.34. The number of nitrogens with zero attached hydrogens (tertiary/aromatic N) is 2. The van der Waals surface area contributed by atoms with Crippen molar-refractivity contribution in [3.63, 3.8) is 0 Å². The molecule has 148 valence electrons. The minimum atomic E-state index is -0.122. The molecule has 1 amide bonds. The molecule has 5 heteroatoms. The van der Waals surface area contributed by atoms with Gasteiger partial charge in [0.1, 0.15) is 5.69 Å². The summed E-state index contributed by atoms with van der Waals surface area (Å²) in [4.78, 5) is 15.8. The summed E-state index contributed by atoms with van der Waals surface area (Å²) in [5.41, 5.74) is 4.73. The van der Waals surface area contributed by atoms with Gasteiger partial charge in [-0.2, -0.15) is 5.10 Å². The molecule has 0 spiro atoms. The first-order valence-corrected chi connectivity index (χ1v) is 10.1. The number of rotatable bonds is 5. The number of carbonyl (C=O) groups is 1. The van der Waals surface area contributed by atoms with Crippen LogP contribution in [-0.2, 0) is 0 Å². The van der Waals surface area contributed by atoms with Gasteiger partial charge in [-0.15, -0.1) is 0 Å². The highest BCUT2D eigenvalue weighted by Gasteiger charge is 2.29. The second-order valence-electron chi connectivity index (χ2n) is 7.43. The number of H-pyrrole nitrogens is 1. The Bertz CT molecular complexity index is 1160. The molecule has 4 aromatic rings. The van der Waals surface area contributed by atoms with Crippen LogP contribution in [0.1, 0.15) is 28.5 Å². The van der Waals surface area contributed by atoms with Crippen LogP contribution in [-0.4, -0.2) is 23.1 Å². The highest BCUT2D eigenvalue weighted by atomic mass is 16.1. The number of nitrogens with one attached hydrogen (secondary N) is 2. The number of anilines is 1. The molecule has 0 radical (unpaired) electrons. The van der Waals surface area contributed by atoms with Crippen molar-refractivity contribution in [3.8, 4) is 0 Å². The molecular weight excluding hydrogens is 372 g/mol. The van der Waals surface area contributed by atoms with E-state index >= 15 is 0 Å². The van der Waals surface area contributed by atoms with Crippen molar-refractivity contribution in [2.75, 3.05) is 11.6 Å². The molecule has 30 heavy (non-hydrogen) atoms. The predicted octanol–water partition coefficient (Wildman–Crippen LogP) is 4.91. The lowest BCUT2D eigenvalue weighted by Gasteiger charge is -2.23. The first-order chi connectivity index (χ1) is 14.8. The number of amides is 1. The number of hydrogen-bond acceptors (Lipinski definition) is 3. The molecule has 5 nitrogen and oxygen atoms in total. The van der Waals surface area contributed by atoms with Gasteiger partial charge in [0.25, 0.3) is 5.91 Å². The highest BCUT2D eigenvalue weighted by Crippen LogP contribution is 2.34. The molecule has 3 aromatic carbocycles. The maximum Gasteiger partial charge on any atom is 0.268 e. The van der Waals surface area contributed by atoms with Crippen molar-refractivity contribution in [2.45, 2.75) is 12.5 Å². The number of para-hydroxylation sites is 2. The molecular formula is C25H22N4O. The van der Waals surface area contributed by atoms with Gasteiger partial charge in [-0.1, -0.05) is 66.7 Å². The predicted molar refractivity (Wildman–Crippen MR) is 121 cm³/mol. The minimum Gasteiger partial charge on any atom is -0.351 e. The van der Waals surface area contributed by atoms with Crippen LogP contribution in [0.3, 0.4) is 0 Å². The number of carbonyl (C=O) groups excluding carboxylic acids is 1. The van der Waals surface area contributed by atoms with E-state index < -0.39 is 0 Å². The van der Waals surface area contributed by atoms with Gasteiger partial charge < -0.3 is 10.3 Å². The molecule has 0 aliphatic carbocycles. The Morgan fingerprint density at radius 1 is 0.967 bits per heavy atom. The van der Waals surface area contributed by atoms with Crippen LogP contribution >= 0.6 is 0 Å². The number of aromatic nitrogens is 1. The summed E-state index contributed by atoms with van der Waals surface area (Å²) >= 11 is 0. The molecule has 1 atom stereocenters. The van der Waals surface area contributed by atoms with Gasteiger partial charge in [0.05, 0.1) is 24.0 Å². The third-order valence-electron chi connectivity index (χ3n) is 5.41. The van der Waals surface area contributed by atoms with Gasteiger partial charge in [0.2, 0.25) is 0 Å². The van der Waals surface area contributed by atoms with E-state index in [-0.39, 0.29) is 11.9 Å². The van der Waals surface area contributed by atoms with E-state index in [1.54, 1.807) is 0 Å². The molecule has 1 unspecified atom stereocenters. The number of hydrogen-bond donors (Lipinski definition) is 2. The Morgan fingerprint density at radius 3 is 2.43 bits per heavy atom. The first-order valence-electron chi connectivity index (χ1n) is 10.1. The van der Waals surface area contributed by atoms with Gasteiger partial charge in [0, 0.05) is 17.3 Å². The average Bonchev–Trinajstić information content (AvgIpc) is 3.43. The Labute approximate surface area is 175 Å². The second kappa shape index (κ2) is 7.87. The summed E-state index contributed by atoms with van der Waals surface area (Å²) in [7, 11) is 0. The van der Waals surface area contributed by atoms with Crippen LogP contribution < -0.4 is 10.3 Å².